The monoisotopic (exact) mass is 297 g/mol. The molecule has 1 aliphatic heterocycles. The summed E-state index contributed by atoms with van der Waals surface area (Å²) in [7, 11) is 0. The number of nitrogens with zero attached hydrogens (tertiary/aromatic N) is 1. The van der Waals surface area contributed by atoms with Gasteiger partial charge in [0.25, 0.3) is 0 Å². The lowest BCUT2D eigenvalue weighted by atomic mass is 10.0. The highest BCUT2D eigenvalue weighted by molar-refractivity contribution is 7.09. The predicted octanol–water partition coefficient (Wildman–Crippen LogP) is 1.41. The second-order valence-corrected chi connectivity index (χ2v) is 5.95. The van der Waals surface area contributed by atoms with E-state index < -0.39 is 5.97 Å². The Labute approximate surface area is 121 Å². The van der Waals surface area contributed by atoms with Gasteiger partial charge in [-0.3, -0.25) is 4.79 Å². The van der Waals surface area contributed by atoms with Crippen LogP contribution < -0.4 is 10.6 Å². The summed E-state index contributed by atoms with van der Waals surface area (Å²) >= 11 is 1.25. The van der Waals surface area contributed by atoms with Gasteiger partial charge in [-0.2, -0.15) is 0 Å². The highest BCUT2D eigenvalue weighted by Crippen LogP contribution is 2.19. The number of hydrogen-bond acceptors (Lipinski definition) is 5. The van der Waals surface area contributed by atoms with Crippen molar-refractivity contribution in [3.05, 3.63) is 16.1 Å². The second-order valence-electron chi connectivity index (χ2n) is 5.06. The van der Waals surface area contributed by atoms with Crippen molar-refractivity contribution in [3.63, 3.8) is 0 Å². The quantitative estimate of drug-likeness (QED) is 0.738. The van der Waals surface area contributed by atoms with Gasteiger partial charge >= 0.3 is 5.97 Å². The average molecular weight is 297 g/mol. The van der Waals surface area contributed by atoms with Crippen molar-refractivity contribution in [3.8, 4) is 0 Å². The number of carbonyl (C=O) groups excluding carboxylic acids is 1. The molecule has 1 aromatic heterocycles. The molecular weight excluding hydrogens is 278 g/mol. The summed E-state index contributed by atoms with van der Waals surface area (Å²) in [5, 5.41) is 17.1. The fraction of sp³-hybridized carbons (Fsp3) is 0.615. The van der Waals surface area contributed by atoms with Crippen LogP contribution in [0.5, 0.6) is 0 Å². The first kappa shape index (κ1) is 14.9. The zero-order valence-corrected chi connectivity index (χ0v) is 12.2. The number of aromatic nitrogens is 1. The van der Waals surface area contributed by atoms with Gasteiger partial charge in [-0.1, -0.05) is 0 Å². The molecule has 20 heavy (non-hydrogen) atoms. The van der Waals surface area contributed by atoms with Crippen molar-refractivity contribution in [2.75, 3.05) is 13.1 Å². The number of hydrogen-bond donors (Lipinski definition) is 3. The fourth-order valence-corrected chi connectivity index (χ4v) is 3.06. The van der Waals surface area contributed by atoms with Crippen molar-refractivity contribution in [1.82, 2.24) is 15.6 Å². The largest absolute Gasteiger partial charge is 0.476 e. The Morgan fingerprint density at radius 3 is 3.05 bits per heavy atom. The maximum Gasteiger partial charge on any atom is 0.355 e. The summed E-state index contributed by atoms with van der Waals surface area (Å²) in [5.41, 5.74) is 0.0307. The maximum absolute atomic E-state index is 11.9. The number of nitrogens with one attached hydrogen (secondary N) is 2. The number of thiazole rings is 1. The number of carboxylic acids is 1. The summed E-state index contributed by atoms with van der Waals surface area (Å²) in [4.78, 5) is 26.6. The molecule has 1 fully saturated rings. The van der Waals surface area contributed by atoms with Crippen LogP contribution in [0.3, 0.4) is 0 Å². The first-order valence-corrected chi connectivity index (χ1v) is 7.63. The normalized spacial score (nSPS) is 19.8. The number of rotatable bonds is 6. The minimum absolute atomic E-state index is 0.00326. The van der Waals surface area contributed by atoms with E-state index in [2.05, 4.69) is 15.6 Å². The molecule has 1 aromatic rings. The predicted molar refractivity (Wildman–Crippen MR) is 75.8 cm³/mol. The van der Waals surface area contributed by atoms with E-state index in [4.69, 9.17) is 5.11 Å². The molecule has 0 radical (unpaired) electrons. The van der Waals surface area contributed by atoms with Crippen molar-refractivity contribution >= 4 is 23.2 Å². The van der Waals surface area contributed by atoms with E-state index >= 15 is 0 Å². The smallest absolute Gasteiger partial charge is 0.355 e. The van der Waals surface area contributed by atoms with Gasteiger partial charge < -0.3 is 15.7 Å². The van der Waals surface area contributed by atoms with Gasteiger partial charge in [0.15, 0.2) is 5.69 Å². The number of aromatic carboxylic acids is 1. The van der Waals surface area contributed by atoms with Gasteiger partial charge in [0.05, 0.1) is 6.04 Å². The first-order valence-electron chi connectivity index (χ1n) is 6.75. The Balaban J connectivity index is 1.78. The molecule has 2 heterocycles. The van der Waals surface area contributed by atoms with Crippen molar-refractivity contribution in [2.24, 2.45) is 5.92 Å². The summed E-state index contributed by atoms with van der Waals surface area (Å²) in [6.07, 6.45) is 2.54. The van der Waals surface area contributed by atoms with Crippen LogP contribution in [-0.4, -0.2) is 35.1 Å². The lowest BCUT2D eigenvalue weighted by Crippen LogP contribution is -2.27. The zero-order valence-electron chi connectivity index (χ0n) is 11.4. The Morgan fingerprint density at radius 1 is 1.65 bits per heavy atom. The molecule has 0 aromatic carbocycles. The third kappa shape index (κ3) is 4.01. The fourth-order valence-electron chi connectivity index (χ4n) is 2.26. The summed E-state index contributed by atoms with van der Waals surface area (Å²) in [6.45, 7) is 3.86. The topological polar surface area (TPSA) is 91.3 Å². The molecule has 7 heteroatoms. The number of carboxylic acid groups (broad SMARTS) is 1. The zero-order chi connectivity index (χ0) is 14.5. The Kier molecular flexibility index (Phi) is 5.08. The molecular formula is C13H19N3O3S. The van der Waals surface area contributed by atoms with Crippen LogP contribution in [0, 0.1) is 5.92 Å². The van der Waals surface area contributed by atoms with Crippen LogP contribution in [-0.2, 0) is 4.79 Å². The van der Waals surface area contributed by atoms with Crippen LogP contribution in [0.2, 0.25) is 0 Å². The van der Waals surface area contributed by atoms with E-state index in [-0.39, 0.29) is 17.6 Å². The second kappa shape index (κ2) is 6.81. The average Bonchev–Trinajstić information content (AvgIpc) is 3.07. The molecule has 110 valence electrons. The molecule has 1 amide bonds. The van der Waals surface area contributed by atoms with E-state index in [1.165, 1.54) is 16.7 Å². The minimum Gasteiger partial charge on any atom is -0.476 e. The van der Waals surface area contributed by atoms with Gasteiger partial charge in [0.2, 0.25) is 5.91 Å². The van der Waals surface area contributed by atoms with E-state index in [0.717, 1.165) is 25.9 Å². The Hall–Kier alpha value is -1.47. The van der Waals surface area contributed by atoms with Gasteiger partial charge in [0, 0.05) is 11.8 Å². The number of carbonyl (C=O) groups is 2. The van der Waals surface area contributed by atoms with Crippen LogP contribution in [0.15, 0.2) is 5.38 Å². The molecule has 3 N–H and O–H groups in total. The van der Waals surface area contributed by atoms with E-state index in [1.807, 2.05) is 6.92 Å². The van der Waals surface area contributed by atoms with E-state index in [0.29, 0.717) is 17.3 Å². The molecule has 1 saturated heterocycles. The third-order valence-corrected chi connectivity index (χ3v) is 4.46. The van der Waals surface area contributed by atoms with Crippen LogP contribution in [0.25, 0.3) is 0 Å². The molecule has 6 nitrogen and oxygen atoms in total. The first-order chi connectivity index (χ1) is 9.56. The Bertz CT molecular complexity index is 483. The van der Waals surface area contributed by atoms with Crippen LogP contribution in [0.4, 0.5) is 0 Å². The molecule has 2 rings (SSSR count). The van der Waals surface area contributed by atoms with Gasteiger partial charge in [-0.25, -0.2) is 9.78 Å². The van der Waals surface area contributed by atoms with Crippen molar-refractivity contribution in [1.29, 1.82) is 0 Å². The minimum atomic E-state index is -1.04. The SMILES string of the molecule is CC(NC(=O)CCC1CCNC1)c1nc(C(=O)O)cs1. The van der Waals surface area contributed by atoms with E-state index in [1.54, 1.807) is 0 Å². The molecule has 0 aliphatic carbocycles. The lowest BCUT2D eigenvalue weighted by molar-refractivity contribution is -0.122. The van der Waals surface area contributed by atoms with Crippen molar-refractivity contribution < 1.29 is 14.7 Å². The summed E-state index contributed by atoms with van der Waals surface area (Å²) < 4.78 is 0. The molecule has 0 spiro atoms. The molecule has 0 bridgehead atoms. The molecule has 0 saturated carbocycles. The molecule has 1 aliphatic rings. The summed E-state index contributed by atoms with van der Waals surface area (Å²) in [6, 6.07) is -0.248. The van der Waals surface area contributed by atoms with E-state index in [9.17, 15) is 9.59 Å². The highest BCUT2D eigenvalue weighted by atomic mass is 32.1. The summed E-state index contributed by atoms with van der Waals surface area (Å²) in [5.74, 6) is -0.453. The van der Waals surface area contributed by atoms with Gasteiger partial charge in [0.1, 0.15) is 5.01 Å². The van der Waals surface area contributed by atoms with Crippen molar-refractivity contribution in [2.45, 2.75) is 32.2 Å². The Morgan fingerprint density at radius 2 is 2.45 bits per heavy atom. The van der Waals surface area contributed by atoms with Gasteiger partial charge in [-0.15, -0.1) is 11.3 Å². The van der Waals surface area contributed by atoms with Crippen LogP contribution in [0.1, 0.15) is 47.7 Å². The van der Waals surface area contributed by atoms with Crippen LogP contribution >= 0.6 is 11.3 Å². The maximum atomic E-state index is 11.9. The molecule has 2 atom stereocenters. The number of amides is 1. The lowest BCUT2D eigenvalue weighted by Gasteiger charge is -2.12. The molecule has 2 unspecified atom stereocenters. The standard InChI is InChI=1S/C13H19N3O3S/c1-8(12-16-10(7-20-12)13(18)19)15-11(17)3-2-9-4-5-14-6-9/h7-9,14H,2-6H2,1H3,(H,15,17)(H,18,19). The van der Waals surface area contributed by atoms with Gasteiger partial charge in [-0.05, 0) is 38.8 Å². The third-order valence-electron chi connectivity index (χ3n) is 3.43. The highest BCUT2D eigenvalue weighted by Gasteiger charge is 2.18.